The molecule has 8 heavy (non-hydrogen) atoms. The highest BCUT2D eigenvalue weighted by Crippen LogP contribution is 2.12. The van der Waals surface area contributed by atoms with E-state index in [0.29, 0.717) is 5.92 Å². The van der Waals surface area contributed by atoms with Crippen molar-refractivity contribution in [3.8, 4) is 0 Å². The first-order valence-corrected chi connectivity index (χ1v) is 2.74. The van der Waals surface area contributed by atoms with E-state index in [2.05, 4.69) is 6.92 Å². The number of amides is 2. The van der Waals surface area contributed by atoms with Crippen molar-refractivity contribution in [2.75, 3.05) is 13.1 Å². The summed E-state index contributed by atoms with van der Waals surface area (Å²) < 4.78 is 0. The highest BCUT2D eigenvalue weighted by atomic mass is 16.2. The fourth-order valence-corrected chi connectivity index (χ4v) is 0.879. The van der Waals surface area contributed by atoms with Crippen molar-refractivity contribution >= 4 is 6.03 Å². The first kappa shape index (κ1) is 5.41. The van der Waals surface area contributed by atoms with Crippen molar-refractivity contribution in [1.82, 2.24) is 4.90 Å². The van der Waals surface area contributed by atoms with Crippen LogP contribution >= 0.6 is 0 Å². The second kappa shape index (κ2) is 1.65. The van der Waals surface area contributed by atoms with Crippen molar-refractivity contribution in [1.29, 1.82) is 0 Å². The number of likely N-dealkylation sites (tertiary alicyclic amines) is 1. The third-order valence-corrected chi connectivity index (χ3v) is 1.38. The summed E-state index contributed by atoms with van der Waals surface area (Å²) in [6, 6.07) is -0.289. The molecule has 46 valence electrons. The fourth-order valence-electron chi connectivity index (χ4n) is 0.879. The lowest BCUT2D eigenvalue weighted by Crippen LogP contribution is -2.50. The van der Waals surface area contributed by atoms with Gasteiger partial charge in [-0.15, -0.1) is 0 Å². The Hall–Kier alpha value is -0.730. The van der Waals surface area contributed by atoms with Gasteiger partial charge in [0.25, 0.3) is 0 Å². The van der Waals surface area contributed by atoms with Crippen LogP contribution < -0.4 is 5.73 Å². The van der Waals surface area contributed by atoms with Crippen LogP contribution in [0.5, 0.6) is 0 Å². The third kappa shape index (κ3) is 0.757. The molecule has 1 heterocycles. The Kier molecular flexibility index (Phi) is 1.12. The molecule has 1 rings (SSSR count). The molecule has 1 saturated heterocycles. The van der Waals surface area contributed by atoms with Crippen LogP contribution in [0.4, 0.5) is 4.79 Å². The zero-order chi connectivity index (χ0) is 6.15. The van der Waals surface area contributed by atoms with Gasteiger partial charge in [-0.25, -0.2) is 4.79 Å². The predicted octanol–water partition coefficient (Wildman–Crippen LogP) is 0.0168. The van der Waals surface area contributed by atoms with E-state index >= 15 is 0 Å². The van der Waals surface area contributed by atoms with E-state index in [1.54, 1.807) is 4.90 Å². The van der Waals surface area contributed by atoms with Gasteiger partial charge in [0.2, 0.25) is 0 Å². The zero-order valence-electron chi connectivity index (χ0n) is 4.92. The topological polar surface area (TPSA) is 46.3 Å². The molecule has 0 spiro atoms. The minimum atomic E-state index is -0.289. The molecule has 2 N–H and O–H groups in total. The van der Waals surface area contributed by atoms with Gasteiger partial charge in [0.05, 0.1) is 0 Å². The summed E-state index contributed by atoms with van der Waals surface area (Å²) >= 11 is 0. The lowest BCUT2D eigenvalue weighted by molar-refractivity contribution is 0.137. The van der Waals surface area contributed by atoms with Crippen molar-refractivity contribution in [3.63, 3.8) is 0 Å². The Morgan fingerprint density at radius 2 is 2.25 bits per heavy atom. The largest absolute Gasteiger partial charge is 0.351 e. The highest BCUT2D eigenvalue weighted by molar-refractivity contribution is 5.72. The molecule has 0 bridgehead atoms. The number of nitrogens with zero attached hydrogens (tertiary/aromatic N) is 1. The van der Waals surface area contributed by atoms with Gasteiger partial charge in [0, 0.05) is 13.1 Å². The second-order valence-corrected chi connectivity index (χ2v) is 2.35. The predicted molar refractivity (Wildman–Crippen MR) is 30.3 cm³/mol. The maximum Gasteiger partial charge on any atom is 0.314 e. The summed E-state index contributed by atoms with van der Waals surface area (Å²) in [5, 5.41) is 0. The Balaban J connectivity index is 2.25. The number of carbonyl (C=O) groups is 1. The highest BCUT2D eigenvalue weighted by Gasteiger charge is 2.24. The summed E-state index contributed by atoms with van der Waals surface area (Å²) in [5.41, 5.74) is 4.95. The van der Waals surface area contributed by atoms with Crippen LogP contribution in [0.3, 0.4) is 0 Å². The summed E-state index contributed by atoms with van der Waals surface area (Å²) in [4.78, 5) is 11.9. The van der Waals surface area contributed by atoms with Crippen LogP contribution in [0.1, 0.15) is 6.92 Å². The monoisotopic (exact) mass is 114 g/mol. The van der Waals surface area contributed by atoms with Gasteiger partial charge in [-0.05, 0) is 5.92 Å². The van der Waals surface area contributed by atoms with E-state index in [1.165, 1.54) is 0 Å². The van der Waals surface area contributed by atoms with E-state index in [4.69, 9.17) is 5.73 Å². The molecule has 1 fully saturated rings. The molecule has 2 amide bonds. The number of urea groups is 1. The zero-order valence-corrected chi connectivity index (χ0v) is 4.92. The quantitative estimate of drug-likeness (QED) is 0.474. The third-order valence-electron chi connectivity index (χ3n) is 1.38. The van der Waals surface area contributed by atoms with E-state index in [1.807, 2.05) is 0 Å². The molecule has 0 radical (unpaired) electrons. The molecule has 0 atom stereocenters. The maximum absolute atomic E-state index is 10.3. The Morgan fingerprint density at radius 3 is 2.38 bits per heavy atom. The van der Waals surface area contributed by atoms with Gasteiger partial charge in [-0.2, -0.15) is 0 Å². The van der Waals surface area contributed by atoms with Crippen molar-refractivity contribution < 1.29 is 4.79 Å². The van der Waals surface area contributed by atoms with Gasteiger partial charge in [0.15, 0.2) is 0 Å². The van der Waals surface area contributed by atoms with Gasteiger partial charge < -0.3 is 10.6 Å². The molecule has 1 aliphatic heterocycles. The second-order valence-electron chi connectivity index (χ2n) is 2.35. The minimum Gasteiger partial charge on any atom is -0.351 e. The smallest absolute Gasteiger partial charge is 0.314 e. The molecular formula is C5H10N2O. The van der Waals surface area contributed by atoms with Crippen LogP contribution in [0.15, 0.2) is 0 Å². The van der Waals surface area contributed by atoms with Crippen LogP contribution in [0.2, 0.25) is 0 Å². The van der Waals surface area contributed by atoms with Crippen molar-refractivity contribution in [2.24, 2.45) is 11.7 Å². The van der Waals surface area contributed by atoms with E-state index in [9.17, 15) is 4.79 Å². The SMILES string of the molecule is CC1CN(C(N)=O)C1. The maximum atomic E-state index is 10.3. The van der Waals surface area contributed by atoms with Gasteiger partial charge in [0.1, 0.15) is 0 Å². The van der Waals surface area contributed by atoms with Crippen molar-refractivity contribution in [2.45, 2.75) is 6.92 Å². The van der Waals surface area contributed by atoms with Crippen molar-refractivity contribution in [3.05, 3.63) is 0 Å². The molecule has 0 aromatic carbocycles. The molecule has 0 aromatic rings. The summed E-state index contributed by atoms with van der Waals surface area (Å²) in [6.45, 7) is 3.78. The Labute approximate surface area is 48.5 Å². The van der Waals surface area contributed by atoms with E-state index in [-0.39, 0.29) is 6.03 Å². The number of nitrogens with two attached hydrogens (primary N) is 1. The first-order chi connectivity index (χ1) is 3.70. The average Bonchev–Trinajstić information content (AvgIpc) is 1.57. The number of primary amides is 1. The minimum absolute atomic E-state index is 0.289. The Bertz CT molecular complexity index is 107. The fraction of sp³-hybridized carbons (Fsp3) is 0.800. The molecule has 1 aliphatic rings. The molecule has 3 nitrogen and oxygen atoms in total. The van der Waals surface area contributed by atoms with E-state index < -0.39 is 0 Å². The van der Waals surface area contributed by atoms with Crippen LogP contribution in [-0.2, 0) is 0 Å². The molecule has 0 saturated carbocycles. The summed E-state index contributed by atoms with van der Waals surface area (Å²) in [6.07, 6.45) is 0. The molecule has 3 heteroatoms. The van der Waals surface area contributed by atoms with Gasteiger partial charge >= 0.3 is 6.03 Å². The average molecular weight is 114 g/mol. The number of hydrogen-bond donors (Lipinski definition) is 1. The number of rotatable bonds is 0. The molecule has 0 unspecified atom stereocenters. The van der Waals surface area contributed by atoms with Gasteiger partial charge in [-0.1, -0.05) is 6.92 Å². The lowest BCUT2D eigenvalue weighted by Gasteiger charge is -2.35. The van der Waals surface area contributed by atoms with Gasteiger partial charge in [-0.3, -0.25) is 0 Å². The molecule has 0 aliphatic carbocycles. The summed E-state index contributed by atoms with van der Waals surface area (Å²) in [5.74, 6) is 0.655. The standard InChI is InChI=1S/C5H10N2O/c1-4-2-7(3-4)5(6)8/h4H,2-3H2,1H3,(H2,6,8). The van der Waals surface area contributed by atoms with Crippen LogP contribution in [0.25, 0.3) is 0 Å². The van der Waals surface area contributed by atoms with Crippen LogP contribution in [0, 0.1) is 5.92 Å². The number of carbonyl (C=O) groups excluding carboxylic acids is 1. The van der Waals surface area contributed by atoms with E-state index in [0.717, 1.165) is 13.1 Å². The normalized spacial score (nSPS) is 20.4. The molecule has 0 aromatic heterocycles. The lowest BCUT2D eigenvalue weighted by atomic mass is 10.0. The first-order valence-electron chi connectivity index (χ1n) is 2.74. The van der Waals surface area contributed by atoms with Crippen LogP contribution in [-0.4, -0.2) is 24.0 Å². The summed E-state index contributed by atoms with van der Waals surface area (Å²) in [7, 11) is 0. The number of hydrogen-bond acceptors (Lipinski definition) is 1. The molecular weight excluding hydrogens is 104 g/mol. The Morgan fingerprint density at radius 1 is 1.75 bits per heavy atom.